The Morgan fingerprint density at radius 2 is 1.75 bits per heavy atom. The van der Waals surface area contributed by atoms with Crippen molar-refractivity contribution in [1.29, 1.82) is 0 Å². The molecule has 10 nitrogen and oxygen atoms in total. The van der Waals surface area contributed by atoms with Gasteiger partial charge in [0.15, 0.2) is 0 Å². The molecule has 1 saturated heterocycles. The minimum Gasteiger partial charge on any atom is -0.480 e. The van der Waals surface area contributed by atoms with Gasteiger partial charge in [-0.25, -0.2) is 4.98 Å². The number of carboxylic acid groups (broad SMARTS) is 1. The third-order valence-corrected chi connectivity index (χ3v) is 6.27. The molecule has 1 atom stereocenters. The molecule has 2 aromatic carbocycles. The normalized spacial score (nSPS) is 14.8. The summed E-state index contributed by atoms with van der Waals surface area (Å²) in [5, 5.41) is 15.7. The number of rotatable bonds is 10. The molecule has 1 aliphatic heterocycles. The number of piperazine rings is 1. The first-order chi connectivity index (χ1) is 17.4. The van der Waals surface area contributed by atoms with Crippen LogP contribution in [0.25, 0.3) is 0 Å². The van der Waals surface area contributed by atoms with Gasteiger partial charge in [-0.15, -0.1) is 0 Å². The lowest BCUT2D eigenvalue weighted by Gasteiger charge is -2.38. The van der Waals surface area contributed by atoms with Crippen molar-refractivity contribution in [2.75, 3.05) is 41.7 Å². The summed E-state index contributed by atoms with van der Waals surface area (Å²) < 4.78 is 0. The number of carboxylic acids is 1. The van der Waals surface area contributed by atoms with Gasteiger partial charge in [0, 0.05) is 50.3 Å². The molecule has 5 N–H and O–H groups in total. The number of nitrogens with two attached hydrogens (primary N) is 1. The van der Waals surface area contributed by atoms with E-state index in [0.29, 0.717) is 37.8 Å². The first-order valence-corrected chi connectivity index (χ1v) is 12.0. The highest BCUT2D eigenvalue weighted by Crippen LogP contribution is 2.23. The molecular weight excluding hydrogens is 458 g/mol. The molecule has 2 heterocycles. The quantitative estimate of drug-likeness (QED) is 0.339. The SMILES string of the molecule is CCC(C(=O)O)N1CCN(c2ccc(Nc3ncc(C(N)=O)c(NCc4ccccc4)n3)cc2)CC1. The first kappa shape index (κ1) is 24.9. The van der Waals surface area contributed by atoms with Gasteiger partial charge in [-0.3, -0.25) is 14.5 Å². The number of carbonyl (C=O) groups excluding carboxylic acids is 1. The summed E-state index contributed by atoms with van der Waals surface area (Å²) in [6.07, 6.45) is 2.02. The van der Waals surface area contributed by atoms with Crippen molar-refractivity contribution in [3.8, 4) is 0 Å². The van der Waals surface area contributed by atoms with Crippen LogP contribution in [-0.2, 0) is 11.3 Å². The zero-order valence-electron chi connectivity index (χ0n) is 20.2. The number of aromatic nitrogens is 2. The third-order valence-electron chi connectivity index (χ3n) is 6.27. The molecule has 0 spiro atoms. The van der Waals surface area contributed by atoms with E-state index in [-0.39, 0.29) is 5.56 Å². The van der Waals surface area contributed by atoms with Crippen LogP contribution in [0.2, 0.25) is 0 Å². The van der Waals surface area contributed by atoms with Gasteiger partial charge in [0.25, 0.3) is 5.91 Å². The number of hydrogen-bond donors (Lipinski definition) is 4. The summed E-state index contributed by atoms with van der Waals surface area (Å²) in [5.41, 5.74) is 8.64. The Labute approximate surface area is 210 Å². The zero-order chi connectivity index (χ0) is 25.5. The first-order valence-electron chi connectivity index (χ1n) is 12.0. The van der Waals surface area contributed by atoms with E-state index in [4.69, 9.17) is 5.73 Å². The average Bonchev–Trinajstić information content (AvgIpc) is 2.89. The van der Waals surface area contributed by atoms with Crippen molar-refractivity contribution >= 4 is 35.0 Å². The van der Waals surface area contributed by atoms with E-state index in [1.54, 1.807) is 0 Å². The molecule has 0 saturated carbocycles. The Bertz CT molecular complexity index is 1180. The summed E-state index contributed by atoms with van der Waals surface area (Å²) in [5.74, 6) is -0.651. The number of primary amides is 1. The van der Waals surface area contributed by atoms with E-state index < -0.39 is 17.9 Å². The number of amides is 1. The standard InChI is InChI=1S/C26H31N7O3/c1-2-22(25(35)36)33-14-12-32(13-15-33)20-10-8-19(9-11-20)30-26-29-17-21(23(27)34)24(31-26)28-16-18-6-4-3-5-7-18/h3-11,17,22H,2,12-16H2,1H3,(H2,27,34)(H,35,36)(H2,28,29,30,31). The maximum absolute atomic E-state index is 11.8. The van der Waals surface area contributed by atoms with Gasteiger partial charge < -0.3 is 26.4 Å². The van der Waals surface area contributed by atoms with Crippen LogP contribution in [0.15, 0.2) is 60.8 Å². The molecule has 0 bridgehead atoms. The number of anilines is 4. The molecule has 1 amide bonds. The number of carbonyl (C=O) groups is 2. The Kier molecular flexibility index (Phi) is 7.96. The number of hydrogen-bond acceptors (Lipinski definition) is 8. The fourth-order valence-corrected chi connectivity index (χ4v) is 4.30. The van der Waals surface area contributed by atoms with E-state index in [9.17, 15) is 14.7 Å². The van der Waals surface area contributed by atoms with Gasteiger partial charge in [-0.05, 0) is 36.2 Å². The fourth-order valence-electron chi connectivity index (χ4n) is 4.30. The molecule has 1 unspecified atom stereocenters. The lowest BCUT2D eigenvalue weighted by Crippen LogP contribution is -2.52. The van der Waals surface area contributed by atoms with Crippen molar-refractivity contribution in [1.82, 2.24) is 14.9 Å². The van der Waals surface area contributed by atoms with Crippen LogP contribution in [0.5, 0.6) is 0 Å². The second-order valence-corrected chi connectivity index (χ2v) is 8.62. The average molecular weight is 490 g/mol. The molecular formula is C26H31N7O3. The Balaban J connectivity index is 1.39. The summed E-state index contributed by atoms with van der Waals surface area (Å²) in [4.78, 5) is 36.3. The maximum atomic E-state index is 11.8. The number of aliphatic carboxylic acids is 1. The zero-order valence-corrected chi connectivity index (χ0v) is 20.2. The van der Waals surface area contributed by atoms with Crippen molar-refractivity contribution < 1.29 is 14.7 Å². The summed E-state index contributed by atoms with van der Waals surface area (Å²) >= 11 is 0. The molecule has 1 aromatic heterocycles. The molecule has 10 heteroatoms. The van der Waals surface area contributed by atoms with Crippen LogP contribution >= 0.6 is 0 Å². The molecule has 0 radical (unpaired) electrons. The van der Waals surface area contributed by atoms with E-state index in [2.05, 4.69) is 25.5 Å². The molecule has 36 heavy (non-hydrogen) atoms. The minimum absolute atomic E-state index is 0.221. The van der Waals surface area contributed by atoms with Crippen molar-refractivity contribution in [3.63, 3.8) is 0 Å². The van der Waals surface area contributed by atoms with Crippen molar-refractivity contribution in [2.24, 2.45) is 5.73 Å². The number of nitrogens with one attached hydrogen (secondary N) is 2. The highest BCUT2D eigenvalue weighted by molar-refractivity contribution is 5.97. The smallest absolute Gasteiger partial charge is 0.320 e. The van der Waals surface area contributed by atoms with Gasteiger partial charge >= 0.3 is 5.97 Å². The molecule has 0 aliphatic carbocycles. The third kappa shape index (κ3) is 6.08. The van der Waals surface area contributed by atoms with Crippen LogP contribution in [0, 0.1) is 0 Å². The Morgan fingerprint density at radius 3 is 2.36 bits per heavy atom. The topological polar surface area (TPSA) is 137 Å². The van der Waals surface area contributed by atoms with Gasteiger partial charge in [-0.2, -0.15) is 4.98 Å². The van der Waals surface area contributed by atoms with Crippen molar-refractivity contribution in [2.45, 2.75) is 25.9 Å². The Morgan fingerprint density at radius 1 is 1.06 bits per heavy atom. The predicted molar refractivity (Wildman–Crippen MR) is 140 cm³/mol. The molecule has 3 aromatic rings. The molecule has 1 aliphatic rings. The van der Waals surface area contributed by atoms with E-state index in [0.717, 1.165) is 30.0 Å². The van der Waals surface area contributed by atoms with E-state index in [1.807, 2.05) is 66.4 Å². The van der Waals surface area contributed by atoms with Gasteiger partial charge in [0.1, 0.15) is 11.9 Å². The minimum atomic E-state index is -0.758. The summed E-state index contributed by atoms with van der Waals surface area (Å²) in [6.45, 7) is 5.36. The molecule has 1 fully saturated rings. The summed E-state index contributed by atoms with van der Waals surface area (Å²) in [7, 11) is 0. The van der Waals surface area contributed by atoms with Crippen molar-refractivity contribution in [3.05, 3.63) is 71.9 Å². The van der Waals surface area contributed by atoms with Gasteiger partial charge in [-0.1, -0.05) is 37.3 Å². The largest absolute Gasteiger partial charge is 0.480 e. The molecule has 4 rings (SSSR count). The fraction of sp³-hybridized carbons (Fsp3) is 0.308. The maximum Gasteiger partial charge on any atom is 0.320 e. The van der Waals surface area contributed by atoms with Crippen LogP contribution in [0.1, 0.15) is 29.3 Å². The van der Waals surface area contributed by atoms with Gasteiger partial charge in [0.05, 0.1) is 5.56 Å². The lowest BCUT2D eigenvalue weighted by atomic mass is 10.1. The molecule has 188 valence electrons. The lowest BCUT2D eigenvalue weighted by molar-refractivity contribution is -0.143. The second kappa shape index (κ2) is 11.5. The highest BCUT2D eigenvalue weighted by Gasteiger charge is 2.27. The predicted octanol–water partition coefficient (Wildman–Crippen LogP) is 2.92. The monoisotopic (exact) mass is 489 g/mol. The highest BCUT2D eigenvalue weighted by atomic mass is 16.4. The second-order valence-electron chi connectivity index (χ2n) is 8.62. The van der Waals surface area contributed by atoms with Crippen LogP contribution < -0.4 is 21.3 Å². The van der Waals surface area contributed by atoms with E-state index in [1.165, 1.54) is 6.20 Å². The van der Waals surface area contributed by atoms with Crippen LogP contribution in [-0.4, -0.2) is 64.1 Å². The Hall–Kier alpha value is -4.18. The van der Waals surface area contributed by atoms with Crippen LogP contribution in [0.4, 0.5) is 23.1 Å². The van der Waals surface area contributed by atoms with Crippen LogP contribution in [0.3, 0.4) is 0 Å². The number of benzene rings is 2. The van der Waals surface area contributed by atoms with E-state index >= 15 is 0 Å². The van der Waals surface area contributed by atoms with Gasteiger partial charge in [0.2, 0.25) is 5.95 Å². The number of nitrogens with zero attached hydrogens (tertiary/aromatic N) is 4. The summed E-state index contributed by atoms with van der Waals surface area (Å²) in [6, 6.07) is 17.3.